The number of hydrogen-bond acceptors (Lipinski definition) is 4. The second kappa shape index (κ2) is 6.68. The number of piperidine rings is 1. The Morgan fingerprint density at radius 2 is 2.05 bits per heavy atom. The van der Waals surface area contributed by atoms with Crippen LogP contribution in [0, 0.1) is 11.3 Å². The van der Waals surface area contributed by atoms with Gasteiger partial charge in [-0.3, -0.25) is 4.40 Å². The van der Waals surface area contributed by atoms with Crippen molar-refractivity contribution in [1.82, 2.24) is 19.5 Å². The number of rotatable bonds is 5. The van der Waals surface area contributed by atoms with E-state index in [1.807, 2.05) is 18.2 Å². The predicted molar refractivity (Wildman–Crippen MR) is 80.9 cm³/mol. The summed E-state index contributed by atoms with van der Waals surface area (Å²) in [5.41, 5.74) is 0.937. The third-order valence-electron chi connectivity index (χ3n) is 4.31. The van der Waals surface area contributed by atoms with Gasteiger partial charge in [-0.2, -0.15) is 5.26 Å². The molecule has 3 heterocycles. The van der Waals surface area contributed by atoms with Gasteiger partial charge in [0, 0.05) is 18.5 Å². The molecule has 0 aromatic carbocycles. The van der Waals surface area contributed by atoms with Gasteiger partial charge in [-0.25, -0.2) is 0 Å². The van der Waals surface area contributed by atoms with E-state index in [2.05, 4.69) is 31.8 Å². The van der Waals surface area contributed by atoms with Crippen molar-refractivity contribution in [2.24, 2.45) is 0 Å². The van der Waals surface area contributed by atoms with Crippen LogP contribution in [-0.2, 0) is 0 Å². The van der Waals surface area contributed by atoms with Crippen LogP contribution in [0.1, 0.15) is 43.8 Å². The Kier molecular flexibility index (Phi) is 4.46. The number of aromatic nitrogens is 3. The predicted octanol–water partition coefficient (Wildman–Crippen LogP) is 2.60. The van der Waals surface area contributed by atoms with Crippen molar-refractivity contribution in [1.29, 1.82) is 5.26 Å². The van der Waals surface area contributed by atoms with E-state index in [9.17, 15) is 0 Å². The van der Waals surface area contributed by atoms with Crippen molar-refractivity contribution in [3.63, 3.8) is 0 Å². The Balaban J connectivity index is 1.55. The van der Waals surface area contributed by atoms with E-state index in [1.54, 1.807) is 0 Å². The Bertz CT molecular complexity index is 619. The molecule has 1 aliphatic rings. The number of likely N-dealkylation sites (tertiary alicyclic amines) is 1. The van der Waals surface area contributed by atoms with Gasteiger partial charge in [0.2, 0.25) is 0 Å². The highest BCUT2D eigenvalue weighted by atomic mass is 15.2. The SMILES string of the molecule is N#CCCCCN1CCC(c2nnc3ccccn23)CC1. The summed E-state index contributed by atoms with van der Waals surface area (Å²) in [7, 11) is 0. The van der Waals surface area contributed by atoms with Crippen LogP contribution in [0.15, 0.2) is 24.4 Å². The summed E-state index contributed by atoms with van der Waals surface area (Å²) in [6.07, 6.45) is 7.18. The summed E-state index contributed by atoms with van der Waals surface area (Å²) in [6.45, 7) is 3.37. The zero-order valence-electron chi connectivity index (χ0n) is 12.3. The van der Waals surface area contributed by atoms with Gasteiger partial charge in [0.25, 0.3) is 0 Å². The molecule has 0 amide bonds. The van der Waals surface area contributed by atoms with E-state index >= 15 is 0 Å². The Morgan fingerprint density at radius 3 is 2.86 bits per heavy atom. The topological polar surface area (TPSA) is 57.2 Å². The van der Waals surface area contributed by atoms with Crippen molar-refractivity contribution < 1.29 is 0 Å². The molecule has 0 bridgehead atoms. The van der Waals surface area contributed by atoms with Gasteiger partial charge in [-0.05, 0) is 57.5 Å². The van der Waals surface area contributed by atoms with Gasteiger partial charge >= 0.3 is 0 Å². The molecule has 5 heteroatoms. The molecule has 110 valence electrons. The molecule has 2 aromatic rings. The molecule has 3 rings (SSSR count). The lowest BCUT2D eigenvalue weighted by Crippen LogP contribution is -2.34. The molecule has 0 unspecified atom stereocenters. The largest absolute Gasteiger partial charge is 0.303 e. The smallest absolute Gasteiger partial charge is 0.160 e. The van der Waals surface area contributed by atoms with Crippen molar-refractivity contribution >= 4 is 5.65 Å². The first-order valence-electron chi connectivity index (χ1n) is 7.77. The molecule has 1 aliphatic heterocycles. The van der Waals surface area contributed by atoms with Crippen molar-refractivity contribution in [2.75, 3.05) is 19.6 Å². The fourth-order valence-corrected chi connectivity index (χ4v) is 3.09. The lowest BCUT2D eigenvalue weighted by Gasteiger charge is -2.31. The Hall–Kier alpha value is -1.93. The van der Waals surface area contributed by atoms with E-state index in [1.165, 1.54) is 0 Å². The average molecular weight is 283 g/mol. The van der Waals surface area contributed by atoms with Crippen LogP contribution in [-0.4, -0.2) is 39.1 Å². The van der Waals surface area contributed by atoms with E-state index < -0.39 is 0 Å². The third-order valence-corrected chi connectivity index (χ3v) is 4.31. The van der Waals surface area contributed by atoms with Gasteiger partial charge in [-0.15, -0.1) is 10.2 Å². The van der Waals surface area contributed by atoms with Crippen LogP contribution < -0.4 is 0 Å². The van der Waals surface area contributed by atoms with Crippen molar-refractivity contribution in [3.8, 4) is 6.07 Å². The normalized spacial score (nSPS) is 17.1. The molecule has 0 saturated carbocycles. The standard InChI is InChI=1S/C16H21N5/c17-9-3-1-4-10-20-12-7-14(8-13-20)16-19-18-15-6-2-5-11-21(15)16/h2,5-6,11,14H,1,3-4,7-8,10,12-13H2. The van der Waals surface area contributed by atoms with E-state index in [0.717, 1.165) is 56.8 Å². The molecular formula is C16H21N5. The number of unbranched alkanes of at least 4 members (excludes halogenated alkanes) is 2. The van der Waals surface area contributed by atoms with Crippen molar-refractivity contribution in [3.05, 3.63) is 30.2 Å². The number of fused-ring (bicyclic) bond motifs is 1. The molecule has 2 aromatic heterocycles. The average Bonchev–Trinajstić information content (AvgIpc) is 2.96. The van der Waals surface area contributed by atoms with Crippen LogP contribution >= 0.6 is 0 Å². The molecule has 0 radical (unpaired) electrons. The van der Waals surface area contributed by atoms with Crippen LogP contribution in [0.5, 0.6) is 0 Å². The second-order valence-electron chi connectivity index (χ2n) is 5.72. The first-order valence-corrected chi connectivity index (χ1v) is 7.77. The maximum Gasteiger partial charge on any atom is 0.160 e. The molecule has 5 nitrogen and oxygen atoms in total. The molecule has 0 aliphatic carbocycles. The van der Waals surface area contributed by atoms with E-state index in [-0.39, 0.29) is 0 Å². The minimum Gasteiger partial charge on any atom is -0.303 e. The summed E-state index contributed by atoms with van der Waals surface area (Å²) in [5.74, 6) is 1.62. The summed E-state index contributed by atoms with van der Waals surface area (Å²) < 4.78 is 2.12. The Labute approximate surface area is 125 Å². The molecule has 21 heavy (non-hydrogen) atoms. The molecule has 0 N–H and O–H groups in total. The first kappa shape index (κ1) is 14.0. The highest BCUT2D eigenvalue weighted by Gasteiger charge is 2.23. The van der Waals surface area contributed by atoms with Gasteiger partial charge < -0.3 is 4.90 Å². The van der Waals surface area contributed by atoms with E-state index in [4.69, 9.17) is 5.26 Å². The number of nitriles is 1. The molecule has 1 saturated heterocycles. The minimum atomic E-state index is 0.512. The minimum absolute atomic E-state index is 0.512. The number of nitrogens with zero attached hydrogens (tertiary/aromatic N) is 5. The van der Waals surface area contributed by atoms with Gasteiger partial charge in [0.1, 0.15) is 5.82 Å². The lowest BCUT2D eigenvalue weighted by atomic mass is 9.96. The molecule has 0 atom stereocenters. The first-order chi connectivity index (χ1) is 10.4. The van der Waals surface area contributed by atoms with Gasteiger partial charge in [0.15, 0.2) is 5.65 Å². The fraction of sp³-hybridized carbons (Fsp3) is 0.562. The zero-order valence-corrected chi connectivity index (χ0v) is 12.3. The third kappa shape index (κ3) is 3.22. The van der Waals surface area contributed by atoms with Crippen molar-refractivity contribution in [2.45, 2.75) is 38.0 Å². The number of hydrogen-bond donors (Lipinski definition) is 0. The summed E-state index contributed by atoms with van der Waals surface area (Å²) in [6, 6.07) is 8.24. The maximum atomic E-state index is 8.55. The van der Waals surface area contributed by atoms with Crippen LogP contribution in [0.25, 0.3) is 5.65 Å². The summed E-state index contributed by atoms with van der Waals surface area (Å²) in [5, 5.41) is 17.2. The van der Waals surface area contributed by atoms with Crippen LogP contribution in [0.4, 0.5) is 0 Å². The zero-order chi connectivity index (χ0) is 14.5. The number of pyridine rings is 1. The van der Waals surface area contributed by atoms with Crippen LogP contribution in [0.2, 0.25) is 0 Å². The highest BCUT2D eigenvalue weighted by Crippen LogP contribution is 2.27. The van der Waals surface area contributed by atoms with Gasteiger partial charge in [-0.1, -0.05) is 6.07 Å². The molecule has 1 fully saturated rings. The highest BCUT2D eigenvalue weighted by molar-refractivity contribution is 5.37. The summed E-state index contributed by atoms with van der Waals surface area (Å²) >= 11 is 0. The molecule has 0 spiro atoms. The van der Waals surface area contributed by atoms with E-state index in [0.29, 0.717) is 12.3 Å². The lowest BCUT2D eigenvalue weighted by molar-refractivity contribution is 0.205. The maximum absolute atomic E-state index is 8.55. The monoisotopic (exact) mass is 283 g/mol. The molecular weight excluding hydrogens is 262 g/mol. The summed E-state index contributed by atoms with van der Waals surface area (Å²) in [4.78, 5) is 2.51. The fourth-order valence-electron chi connectivity index (χ4n) is 3.09. The van der Waals surface area contributed by atoms with Crippen LogP contribution in [0.3, 0.4) is 0 Å². The Morgan fingerprint density at radius 1 is 1.19 bits per heavy atom. The van der Waals surface area contributed by atoms with Gasteiger partial charge in [0.05, 0.1) is 6.07 Å². The second-order valence-corrected chi connectivity index (χ2v) is 5.72. The quantitative estimate of drug-likeness (QED) is 0.791.